The summed E-state index contributed by atoms with van der Waals surface area (Å²) in [6.07, 6.45) is 0. The molecule has 0 aliphatic heterocycles. The van der Waals surface area contributed by atoms with Gasteiger partial charge in [-0.3, -0.25) is 0 Å². The summed E-state index contributed by atoms with van der Waals surface area (Å²) >= 11 is 0. The van der Waals surface area contributed by atoms with E-state index in [0.717, 1.165) is 0 Å². The van der Waals surface area contributed by atoms with Crippen LogP contribution < -0.4 is 5.30 Å². The number of hydrogen-bond donors (Lipinski definition) is 0. The lowest BCUT2D eigenvalue weighted by Crippen LogP contribution is -1.94. The van der Waals surface area contributed by atoms with Crippen molar-refractivity contribution in [1.29, 1.82) is 0 Å². The molecule has 0 bridgehead atoms. The molecule has 2 heteroatoms. The highest BCUT2D eigenvalue weighted by atomic mass is 31.0. The fourth-order valence-electron chi connectivity index (χ4n) is 2.85. The lowest BCUT2D eigenvalue weighted by molar-refractivity contribution is 1.18. The fourth-order valence-corrected chi connectivity index (χ4v) is 3.11. The van der Waals surface area contributed by atoms with Crippen LogP contribution in [0.1, 0.15) is 0 Å². The van der Waals surface area contributed by atoms with E-state index in [9.17, 15) is 0 Å². The maximum atomic E-state index is 2.78. The molecule has 4 aromatic rings. The molecule has 3 aromatic carbocycles. The minimum atomic E-state index is 1.20. The highest BCUT2D eigenvalue weighted by molar-refractivity contribution is 7.27. The summed E-state index contributed by atoms with van der Waals surface area (Å²) in [7, 11) is 2.78. The molecule has 0 radical (unpaired) electrons. The lowest BCUT2D eigenvalue weighted by atomic mass is 10.1. The summed E-state index contributed by atoms with van der Waals surface area (Å²) in [5.41, 5.74) is 3.71. The maximum absolute atomic E-state index is 2.78. The van der Waals surface area contributed by atoms with Crippen LogP contribution >= 0.6 is 9.24 Å². The van der Waals surface area contributed by atoms with Gasteiger partial charge in [0, 0.05) is 16.5 Å². The number of nitrogens with zero attached hydrogens (tertiary/aromatic N) is 1. The van der Waals surface area contributed by atoms with Crippen LogP contribution in [0.15, 0.2) is 72.8 Å². The molecule has 0 saturated carbocycles. The van der Waals surface area contributed by atoms with Crippen molar-refractivity contribution in [3.05, 3.63) is 72.8 Å². The van der Waals surface area contributed by atoms with E-state index in [4.69, 9.17) is 0 Å². The van der Waals surface area contributed by atoms with Gasteiger partial charge in [-0.05, 0) is 35.6 Å². The van der Waals surface area contributed by atoms with Gasteiger partial charge in [-0.25, -0.2) is 0 Å². The highest BCUT2D eigenvalue weighted by Crippen LogP contribution is 2.31. The zero-order valence-corrected chi connectivity index (χ0v) is 12.1. The zero-order valence-electron chi connectivity index (χ0n) is 11.0. The number of fused-ring (bicyclic) bond motifs is 3. The molecule has 1 atom stereocenters. The summed E-state index contributed by atoms with van der Waals surface area (Å²) in [5, 5.41) is 3.82. The van der Waals surface area contributed by atoms with Crippen molar-refractivity contribution in [2.24, 2.45) is 0 Å². The average molecular weight is 275 g/mol. The monoisotopic (exact) mass is 275 g/mol. The molecule has 4 rings (SSSR count). The topological polar surface area (TPSA) is 4.93 Å². The molecule has 0 saturated heterocycles. The Labute approximate surface area is 120 Å². The largest absolute Gasteiger partial charge is 0.309 e. The van der Waals surface area contributed by atoms with E-state index in [-0.39, 0.29) is 0 Å². The van der Waals surface area contributed by atoms with Crippen LogP contribution in [0.25, 0.3) is 27.5 Å². The third kappa shape index (κ3) is 1.67. The highest BCUT2D eigenvalue weighted by Gasteiger charge is 2.11. The molecule has 96 valence electrons. The Morgan fingerprint density at radius 3 is 2.20 bits per heavy atom. The summed E-state index contributed by atoms with van der Waals surface area (Å²) < 4.78 is 2.33. The van der Waals surface area contributed by atoms with Crippen molar-refractivity contribution in [1.82, 2.24) is 4.57 Å². The summed E-state index contributed by atoms with van der Waals surface area (Å²) in [5.74, 6) is 0. The van der Waals surface area contributed by atoms with Gasteiger partial charge in [0.15, 0.2) is 0 Å². The van der Waals surface area contributed by atoms with E-state index >= 15 is 0 Å². The average Bonchev–Trinajstić information content (AvgIpc) is 2.82. The van der Waals surface area contributed by atoms with Crippen LogP contribution in [-0.2, 0) is 0 Å². The lowest BCUT2D eigenvalue weighted by Gasteiger charge is -2.07. The molecule has 20 heavy (non-hydrogen) atoms. The molecular weight excluding hydrogens is 261 g/mol. The number of benzene rings is 3. The van der Waals surface area contributed by atoms with E-state index in [2.05, 4.69) is 86.6 Å². The molecule has 0 fully saturated rings. The van der Waals surface area contributed by atoms with Gasteiger partial charge in [-0.1, -0.05) is 42.5 Å². The second-order valence-electron chi connectivity index (χ2n) is 4.96. The van der Waals surface area contributed by atoms with Crippen molar-refractivity contribution in [3.63, 3.8) is 0 Å². The quantitative estimate of drug-likeness (QED) is 0.457. The molecule has 1 heterocycles. The van der Waals surface area contributed by atoms with Crippen molar-refractivity contribution < 1.29 is 0 Å². The number of aromatic nitrogens is 1. The van der Waals surface area contributed by atoms with Gasteiger partial charge in [0.05, 0.1) is 11.0 Å². The van der Waals surface area contributed by atoms with Crippen LogP contribution in [0.2, 0.25) is 0 Å². The first-order valence-electron chi connectivity index (χ1n) is 6.69. The number of para-hydroxylation sites is 2. The van der Waals surface area contributed by atoms with Gasteiger partial charge in [0.25, 0.3) is 0 Å². The Morgan fingerprint density at radius 1 is 0.650 bits per heavy atom. The van der Waals surface area contributed by atoms with E-state index in [1.54, 1.807) is 0 Å². The van der Waals surface area contributed by atoms with Crippen molar-refractivity contribution in [3.8, 4) is 5.69 Å². The minimum Gasteiger partial charge on any atom is -0.309 e. The Bertz CT molecular complexity index is 907. The van der Waals surface area contributed by atoms with Gasteiger partial charge in [-0.2, -0.15) is 0 Å². The van der Waals surface area contributed by atoms with Gasteiger partial charge in [-0.15, -0.1) is 9.24 Å². The van der Waals surface area contributed by atoms with Crippen LogP contribution in [-0.4, -0.2) is 4.57 Å². The van der Waals surface area contributed by atoms with Crippen LogP contribution in [0.5, 0.6) is 0 Å². The zero-order chi connectivity index (χ0) is 13.5. The van der Waals surface area contributed by atoms with Crippen LogP contribution in [0.3, 0.4) is 0 Å². The first-order chi connectivity index (χ1) is 9.84. The van der Waals surface area contributed by atoms with Gasteiger partial charge < -0.3 is 4.57 Å². The van der Waals surface area contributed by atoms with Crippen molar-refractivity contribution >= 4 is 36.4 Å². The third-order valence-electron chi connectivity index (χ3n) is 3.71. The van der Waals surface area contributed by atoms with Gasteiger partial charge in [0.2, 0.25) is 0 Å². The fraction of sp³-hybridized carbons (Fsp3) is 0. The van der Waals surface area contributed by atoms with E-state index < -0.39 is 0 Å². The minimum absolute atomic E-state index is 1.20. The van der Waals surface area contributed by atoms with Crippen LogP contribution in [0.4, 0.5) is 0 Å². The molecule has 1 unspecified atom stereocenters. The first kappa shape index (κ1) is 11.7. The standard InChI is InChI=1S/C18H14NP/c20-14-10-11-18-16(12-14)15-8-4-5-9-17(15)19(18)13-6-2-1-3-7-13/h1-12H,20H2. The second kappa shape index (κ2) is 4.47. The molecule has 1 nitrogen and oxygen atoms in total. The SMILES string of the molecule is Pc1ccc2c(c1)c1ccccc1n2-c1ccccc1. The summed E-state index contributed by atoms with van der Waals surface area (Å²) in [6, 6.07) is 25.7. The molecule has 0 aliphatic carbocycles. The van der Waals surface area contributed by atoms with E-state index in [1.807, 2.05) is 0 Å². The molecule has 0 amide bonds. The molecule has 0 aliphatic rings. The normalized spacial score (nSPS) is 11.2. The Balaban J connectivity index is 2.22. The van der Waals surface area contributed by atoms with E-state index in [1.165, 1.54) is 32.8 Å². The Morgan fingerprint density at radius 2 is 1.35 bits per heavy atom. The van der Waals surface area contributed by atoms with Gasteiger partial charge >= 0.3 is 0 Å². The summed E-state index contributed by atoms with van der Waals surface area (Å²) in [6.45, 7) is 0. The summed E-state index contributed by atoms with van der Waals surface area (Å²) in [4.78, 5) is 0. The molecule has 0 spiro atoms. The second-order valence-corrected chi connectivity index (χ2v) is 5.63. The predicted molar refractivity (Wildman–Crippen MR) is 90.1 cm³/mol. The van der Waals surface area contributed by atoms with Gasteiger partial charge in [0.1, 0.15) is 0 Å². The molecular formula is C18H14NP. The number of rotatable bonds is 1. The maximum Gasteiger partial charge on any atom is 0.0541 e. The Hall–Kier alpha value is -2.11. The van der Waals surface area contributed by atoms with Crippen molar-refractivity contribution in [2.45, 2.75) is 0 Å². The van der Waals surface area contributed by atoms with Crippen molar-refractivity contribution in [2.75, 3.05) is 0 Å². The van der Waals surface area contributed by atoms with E-state index in [0.29, 0.717) is 0 Å². The Kier molecular flexibility index (Phi) is 2.61. The third-order valence-corrected chi connectivity index (χ3v) is 4.07. The molecule has 1 aromatic heterocycles. The predicted octanol–water partition coefficient (Wildman–Crippen LogP) is 4.28. The molecule has 0 N–H and O–H groups in total. The number of hydrogen-bond acceptors (Lipinski definition) is 0. The van der Waals surface area contributed by atoms with Crippen LogP contribution in [0, 0.1) is 0 Å². The smallest absolute Gasteiger partial charge is 0.0541 e. The first-order valence-corrected chi connectivity index (χ1v) is 7.26.